The molecule has 11 heteroatoms. The summed E-state index contributed by atoms with van der Waals surface area (Å²) < 4.78 is 27.9. The number of carbonyl (C=O) groups is 1. The minimum Gasteiger partial charge on any atom is -0.302 e. The first-order valence-corrected chi connectivity index (χ1v) is 10.5. The molecule has 0 fully saturated rings. The van der Waals surface area contributed by atoms with Crippen LogP contribution in [0.5, 0.6) is 0 Å². The first-order chi connectivity index (χ1) is 13.8. The second kappa shape index (κ2) is 8.89. The van der Waals surface area contributed by atoms with E-state index < -0.39 is 22.5 Å². The van der Waals surface area contributed by atoms with Crippen molar-refractivity contribution >= 4 is 48.9 Å². The van der Waals surface area contributed by atoms with Gasteiger partial charge in [0.05, 0.1) is 14.5 Å². The Kier molecular flexibility index (Phi) is 6.50. The van der Waals surface area contributed by atoms with Crippen LogP contribution in [0.15, 0.2) is 24.3 Å². The van der Waals surface area contributed by atoms with Crippen molar-refractivity contribution in [2.24, 2.45) is 0 Å². The second-order valence-electron chi connectivity index (χ2n) is 6.11. The van der Waals surface area contributed by atoms with Gasteiger partial charge in [-0.3, -0.25) is 19.8 Å². The monoisotopic (exact) mass is 440 g/mol. The number of nitrogens with zero attached hydrogens (tertiary/aromatic N) is 4. The molecule has 0 saturated heterocycles. The van der Waals surface area contributed by atoms with Crippen LogP contribution in [0.3, 0.4) is 0 Å². The first-order valence-electron chi connectivity index (χ1n) is 8.88. The van der Waals surface area contributed by atoms with E-state index in [0.29, 0.717) is 6.54 Å². The van der Waals surface area contributed by atoms with Gasteiger partial charge < -0.3 is 4.90 Å². The van der Waals surface area contributed by atoms with Gasteiger partial charge in [0.25, 0.3) is 5.91 Å². The number of benzene rings is 1. The summed E-state index contributed by atoms with van der Waals surface area (Å²) in [7, 11) is 0. The minimum atomic E-state index is -0.801. The Morgan fingerprint density at radius 2 is 1.90 bits per heavy atom. The molecule has 0 bridgehead atoms. The number of hydrogen-bond acceptors (Lipinski definition) is 7. The van der Waals surface area contributed by atoms with Crippen LogP contribution in [0.1, 0.15) is 23.5 Å². The number of hydrogen-bond donors (Lipinski definition) is 0. The molecule has 0 aliphatic rings. The number of fused-ring (bicyclic) bond motifs is 1. The Morgan fingerprint density at radius 3 is 2.52 bits per heavy atom. The lowest BCUT2D eigenvalue weighted by atomic mass is 10.3. The number of amides is 1. The smallest absolute Gasteiger partial charge is 0.302 e. The van der Waals surface area contributed by atoms with Gasteiger partial charge in [-0.1, -0.05) is 36.5 Å². The van der Waals surface area contributed by atoms with E-state index >= 15 is 0 Å². The summed E-state index contributed by atoms with van der Waals surface area (Å²) in [5.74, 6) is -1.99. The minimum absolute atomic E-state index is 0.0100. The maximum absolute atomic E-state index is 14.1. The van der Waals surface area contributed by atoms with E-state index in [1.165, 1.54) is 23.1 Å². The largest absolute Gasteiger partial charge is 0.324 e. The molecule has 7 nitrogen and oxygen atoms in total. The molecule has 0 N–H and O–H groups in total. The van der Waals surface area contributed by atoms with Gasteiger partial charge in [-0.2, -0.15) is 0 Å². The number of thiophene rings is 1. The fraction of sp³-hybridized carbons (Fsp3) is 0.333. The molecule has 0 aliphatic carbocycles. The summed E-state index contributed by atoms with van der Waals surface area (Å²) in [5.41, 5.74) is -0.0100. The van der Waals surface area contributed by atoms with Gasteiger partial charge in [-0.25, -0.2) is 13.8 Å². The standard InChI is InChI=1S/C18H18F2N4O3S2/c1-3-22(4-2)7-8-23(17(25)13-5-6-15(28-13)24(26)27)18-21-16-12(20)9-11(19)10-14(16)29-18/h5-6,9-10H,3-4,7-8H2,1-2H3. The quantitative estimate of drug-likeness (QED) is 0.380. The van der Waals surface area contributed by atoms with Gasteiger partial charge in [0.15, 0.2) is 10.9 Å². The molecular weight excluding hydrogens is 422 g/mol. The number of anilines is 1. The highest BCUT2D eigenvalue weighted by atomic mass is 32.1. The molecule has 2 heterocycles. The third kappa shape index (κ3) is 4.57. The van der Waals surface area contributed by atoms with Crippen molar-refractivity contribution in [2.45, 2.75) is 13.8 Å². The van der Waals surface area contributed by atoms with Crippen molar-refractivity contribution in [2.75, 3.05) is 31.1 Å². The van der Waals surface area contributed by atoms with Crippen molar-refractivity contribution in [3.05, 3.63) is 50.9 Å². The van der Waals surface area contributed by atoms with Crippen molar-refractivity contribution in [3.8, 4) is 0 Å². The fourth-order valence-corrected chi connectivity index (χ4v) is 4.60. The first kappa shape index (κ1) is 21.2. The molecule has 0 saturated carbocycles. The number of aromatic nitrogens is 1. The number of carbonyl (C=O) groups excluding carboxylic acids is 1. The van der Waals surface area contributed by atoms with E-state index in [9.17, 15) is 23.7 Å². The summed E-state index contributed by atoms with van der Waals surface area (Å²) in [4.78, 5) is 31.3. The zero-order valence-corrected chi connectivity index (χ0v) is 17.4. The molecule has 2 aromatic heterocycles. The molecule has 0 atom stereocenters. The summed E-state index contributed by atoms with van der Waals surface area (Å²) in [6.45, 7) is 6.35. The normalized spacial score (nSPS) is 11.3. The molecule has 3 aromatic rings. The Bertz CT molecular complexity index is 1050. The number of rotatable bonds is 8. The predicted octanol–water partition coefficient (Wildman–Crippen LogP) is 4.53. The third-order valence-electron chi connectivity index (χ3n) is 4.39. The average Bonchev–Trinajstić information content (AvgIpc) is 3.32. The van der Waals surface area contributed by atoms with Crippen LogP contribution in [-0.2, 0) is 0 Å². The molecule has 29 heavy (non-hydrogen) atoms. The maximum atomic E-state index is 14.1. The van der Waals surface area contributed by atoms with E-state index in [1.807, 2.05) is 13.8 Å². The molecule has 0 radical (unpaired) electrons. The van der Waals surface area contributed by atoms with Crippen LogP contribution in [0.2, 0.25) is 0 Å². The van der Waals surface area contributed by atoms with E-state index in [2.05, 4.69) is 9.88 Å². The van der Waals surface area contributed by atoms with Crippen molar-refractivity contribution in [3.63, 3.8) is 0 Å². The molecule has 0 unspecified atom stereocenters. The van der Waals surface area contributed by atoms with Crippen LogP contribution < -0.4 is 4.90 Å². The van der Waals surface area contributed by atoms with Gasteiger partial charge in [0.1, 0.15) is 11.3 Å². The molecule has 1 amide bonds. The van der Waals surface area contributed by atoms with Gasteiger partial charge in [-0.05, 0) is 25.2 Å². The summed E-state index contributed by atoms with van der Waals surface area (Å²) in [6, 6.07) is 4.58. The number of nitro groups is 1. The Morgan fingerprint density at radius 1 is 1.17 bits per heavy atom. The number of halogens is 2. The highest BCUT2D eigenvalue weighted by molar-refractivity contribution is 7.22. The van der Waals surface area contributed by atoms with Crippen LogP contribution >= 0.6 is 22.7 Å². The molecule has 0 aliphatic heterocycles. The van der Waals surface area contributed by atoms with E-state index in [-0.39, 0.29) is 31.8 Å². The summed E-state index contributed by atoms with van der Waals surface area (Å²) >= 11 is 1.77. The number of thiazole rings is 1. The van der Waals surface area contributed by atoms with Gasteiger partial charge >= 0.3 is 5.00 Å². The maximum Gasteiger partial charge on any atom is 0.324 e. The molecule has 1 aromatic carbocycles. The molecular formula is C18H18F2N4O3S2. The van der Waals surface area contributed by atoms with Gasteiger partial charge in [0, 0.05) is 25.2 Å². The van der Waals surface area contributed by atoms with Crippen molar-refractivity contribution in [1.29, 1.82) is 0 Å². The van der Waals surface area contributed by atoms with Crippen LogP contribution in [0, 0.1) is 21.7 Å². The Labute approximate surface area is 173 Å². The lowest BCUT2D eigenvalue weighted by Crippen LogP contribution is -2.38. The van der Waals surface area contributed by atoms with Crippen molar-refractivity contribution in [1.82, 2.24) is 9.88 Å². The average molecular weight is 440 g/mol. The highest BCUT2D eigenvalue weighted by Crippen LogP contribution is 2.33. The van der Waals surface area contributed by atoms with Crippen LogP contribution in [0.25, 0.3) is 10.2 Å². The zero-order valence-electron chi connectivity index (χ0n) is 15.7. The lowest BCUT2D eigenvalue weighted by Gasteiger charge is -2.24. The predicted molar refractivity (Wildman–Crippen MR) is 110 cm³/mol. The highest BCUT2D eigenvalue weighted by Gasteiger charge is 2.25. The lowest BCUT2D eigenvalue weighted by molar-refractivity contribution is -0.380. The summed E-state index contributed by atoms with van der Waals surface area (Å²) in [6.07, 6.45) is 0. The Balaban J connectivity index is 1.99. The van der Waals surface area contributed by atoms with Crippen molar-refractivity contribution < 1.29 is 18.5 Å². The molecule has 154 valence electrons. The van der Waals surface area contributed by atoms with Crippen LogP contribution in [0.4, 0.5) is 18.9 Å². The zero-order chi connectivity index (χ0) is 21.1. The van der Waals surface area contributed by atoms with Gasteiger partial charge in [-0.15, -0.1) is 0 Å². The van der Waals surface area contributed by atoms with E-state index in [4.69, 9.17) is 0 Å². The molecule has 0 spiro atoms. The van der Waals surface area contributed by atoms with E-state index in [1.54, 1.807) is 0 Å². The number of likely N-dealkylation sites (N-methyl/N-ethyl adjacent to an activating group) is 1. The SMILES string of the molecule is CCN(CC)CCN(C(=O)c1ccc([N+](=O)[O-])s1)c1nc2c(F)cc(F)cc2s1. The Hall–Kier alpha value is -2.50. The van der Waals surface area contributed by atoms with E-state index in [0.717, 1.165) is 41.8 Å². The third-order valence-corrected chi connectivity index (χ3v) is 6.45. The fourth-order valence-electron chi connectivity index (χ4n) is 2.80. The molecule has 3 rings (SSSR count). The summed E-state index contributed by atoms with van der Waals surface area (Å²) in [5, 5.41) is 11.0. The van der Waals surface area contributed by atoms with Crippen LogP contribution in [-0.4, -0.2) is 46.9 Å². The topological polar surface area (TPSA) is 79.6 Å². The second-order valence-corrected chi connectivity index (χ2v) is 8.18. The van der Waals surface area contributed by atoms with Gasteiger partial charge in [0.2, 0.25) is 0 Å².